The first-order chi connectivity index (χ1) is 7.16. The Morgan fingerprint density at radius 3 is 2.80 bits per heavy atom. The van der Waals surface area contributed by atoms with Crippen LogP contribution in [0.5, 0.6) is 5.75 Å². The number of aromatic hydroxyl groups is 1. The molecular weight excluding hydrogens is 260 g/mol. The van der Waals surface area contributed by atoms with Gasteiger partial charge in [0.25, 0.3) is 5.56 Å². The summed E-state index contributed by atoms with van der Waals surface area (Å²) in [6.45, 7) is 0. The van der Waals surface area contributed by atoms with Crippen LogP contribution in [0.2, 0.25) is 0 Å². The molecule has 2 N–H and O–H groups in total. The van der Waals surface area contributed by atoms with E-state index in [1.54, 1.807) is 30.3 Å². The Kier molecular flexibility index (Phi) is 2.55. The first-order valence-electron chi connectivity index (χ1n) is 4.21. The van der Waals surface area contributed by atoms with Crippen molar-refractivity contribution in [1.82, 2.24) is 10.2 Å². The summed E-state index contributed by atoms with van der Waals surface area (Å²) in [6.07, 6.45) is 0. The lowest BCUT2D eigenvalue weighted by Gasteiger charge is -2.00. The average molecular weight is 267 g/mol. The second kappa shape index (κ2) is 3.86. The highest BCUT2D eigenvalue weighted by atomic mass is 79.9. The molecule has 4 nitrogen and oxygen atoms in total. The fourth-order valence-corrected chi connectivity index (χ4v) is 1.50. The van der Waals surface area contributed by atoms with Crippen LogP contribution in [-0.4, -0.2) is 15.3 Å². The minimum atomic E-state index is -0.279. The van der Waals surface area contributed by atoms with Crippen LogP contribution in [0.3, 0.4) is 0 Å². The standard InChI is InChI=1S/C10H7BrN2O2/c11-8-5-9(12-13-10(8)15)6-2-1-3-7(14)4-6/h1-5,14H,(H,13,15). The molecular formula is C10H7BrN2O2. The molecule has 0 amide bonds. The number of halogens is 1. The first-order valence-corrected chi connectivity index (χ1v) is 5.01. The lowest BCUT2D eigenvalue weighted by molar-refractivity contribution is 0.475. The maximum Gasteiger partial charge on any atom is 0.278 e. The quantitative estimate of drug-likeness (QED) is 0.829. The average Bonchev–Trinajstić information content (AvgIpc) is 2.22. The van der Waals surface area contributed by atoms with Crippen molar-refractivity contribution in [2.24, 2.45) is 0 Å². The van der Waals surface area contributed by atoms with Crippen LogP contribution in [0.1, 0.15) is 0 Å². The summed E-state index contributed by atoms with van der Waals surface area (Å²) in [4.78, 5) is 11.1. The minimum Gasteiger partial charge on any atom is -0.508 e. The summed E-state index contributed by atoms with van der Waals surface area (Å²) >= 11 is 3.12. The van der Waals surface area contributed by atoms with E-state index in [2.05, 4.69) is 26.1 Å². The number of nitrogens with one attached hydrogen (secondary N) is 1. The zero-order valence-electron chi connectivity index (χ0n) is 7.57. The number of phenolic OH excluding ortho intramolecular Hbond substituents is 1. The van der Waals surface area contributed by atoms with Gasteiger partial charge >= 0.3 is 0 Å². The number of benzene rings is 1. The Morgan fingerprint density at radius 2 is 2.13 bits per heavy atom. The molecule has 0 aliphatic rings. The van der Waals surface area contributed by atoms with Crippen molar-refractivity contribution >= 4 is 15.9 Å². The van der Waals surface area contributed by atoms with Gasteiger partial charge in [0.1, 0.15) is 5.75 Å². The van der Waals surface area contributed by atoms with Crippen LogP contribution in [0.15, 0.2) is 39.6 Å². The predicted molar refractivity (Wildman–Crippen MR) is 59.7 cm³/mol. The fourth-order valence-electron chi connectivity index (χ4n) is 1.20. The molecule has 5 heteroatoms. The SMILES string of the molecule is O=c1[nH]nc(-c2cccc(O)c2)cc1Br. The number of rotatable bonds is 1. The molecule has 0 bridgehead atoms. The molecule has 0 aliphatic heterocycles. The third-order valence-corrected chi connectivity index (χ3v) is 2.49. The highest BCUT2D eigenvalue weighted by molar-refractivity contribution is 9.10. The van der Waals surface area contributed by atoms with Gasteiger partial charge in [-0.05, 0) is 34.1 Å². The van der Waals surface area contributed by atoms with E-state index < -0.39 is 0 Å². The zero-order chi connectivity index (χ0) is 10.8. The topological polar surface area (TPSA) is 66.0 Å². The largest absolute Gasteiger partial charge is 0.508 e. The van der Waals surface area contributed by atoms with Gasteiger partial charge in [0.15, 0.2) is 0 Å². The van der Waals surface area contributed by atoms with Gasteiger partial charge in [0.05, 0.1) is 10.2 Å². The van der Waals surface area contributed by atoms with Gasteiger partial charge in [0, 0.05) is 5.56 Å². The summed E-state index contributed by atoms with van der Waals surface area (Å²) in [5, 5.41) is 15.5. The van der Waals surface area contributed by atoms with Crippen molar-refractivity contribution in [2.45, 2.75) is 0 Å². The number of hydrogen-bond acceptors (Lipinski definition) is 3. The van der Waals surface area contributed by atoms with Gasteiger partial charge in [-0.15, -0.1) is 0 Å². The summed E-state index contributed by atoms with van der Waals surface area (Å²) in [6, 6.07) is 8.27. The molecule has 2 aromatic rings. The van der Waals surface area contributed by atoms with Gasteiger partial charge in [-0.3, -0.25) is 4.79 Å². The number of aromatic nitrogens is 2. The lowest BCUT2D eigenvalue weighted by atomic mass is 10.1. The summed E-state index contributed by atoms with van der Waals surface area (Å²) in [5.41, 5.74) is 1.06. The summed E-state index contributed by atoms with van der Waals surface area (Å²) < 4.78 is 0.413. The van der Waals surface area contributed by atoms with Crippen molar-refractivity contribution in [3.63, 3.8) is 0 Å². The monoisotopic (exact) mass is 266 g/mol. The zero-order valence-corrected chi connectivity index (χ0v) is 9.15. The van der Waals surface area contributed by atoms with E-state index in [1.807, 2.05) is 0 Å². The molecule has 1 aromatic heterocycles. The molecule has 1 heterocycles. The first kappa shape index (κ1) is 9.92. The second-order valence-electron chi connectivity index (χ2n) is 2.98. The van der Waals surface area contributed by atoms with Crippen molar-refractivity contribution in [2.75, 3.05) is 0 Å². The van der Waals surface area contributed by atoms with Gasteiger partial charge in [-0.25, -0.2) is 5.10 Å². The molecule has 0 unspecified atom stereocenters. The normalized spacial score (nSPS) is 10.2. The fraction of sp³-hybridized carbons (Fsp3) is 0. The predicted octanol–water partition coefficient (Wildman–Crippen LogP) is 1.90. The third kappa shape index (κ3) is 2.07. The van der Waals surface area contributed by atoms with Gasteiger partial charge in [-0.1, -0.05) is 12.1 Å². The van der Waals surface area contributed by atoms with Gasteiger partial charge in [0.2, 0.25) is 0 Å². The van der Waals surface area contributed by atoms with Gasteiger partial charge < -0.3 is 5.11 Å². The Morgan fingerprint density at radius 1 is 1.33 bits per heavy atom. The van der Waals surface area contributed by atoms with Crippen LogP contribution in [-0.2, 0) is 0 Å². The van der Waals surface area contributed by atoms with Crippen LogP contribution in [0, 0.1) is 0 Å². The number of phenols is 1. The van der Waals surface area contributed by atoms with Crippen LogP contribution in [0.25, 0.3) is 11.3 Å². The van der Waals surface area contributed by atoms with E-state index in [-0.39, 0.29) is 11.3 Å². The van der Waals surface area contributed by atoms with Crippen molar-refractivity contribution < 1.29 is 5.11 Å². The minimum absolute atomic E-state index is 0.164. The van der Waals surface area contributed by atoms with E-state index in [4.69, 9.17) is 0 Å². The van der Waals surface area contributed by atoms with Gasteiger partial charge in [-0.2, -0.15) is 5.10 Å². The van der Waals surface area contributed by atoms with Crippen molar-refractivity contribution in [1.29, 1.82) is 0 Å². The molecule has 1 aromatic carbocycles. The molecule has 76 valence electrons. The highest BCUT2D eigenvalue weighted by Crippen LogP contribution is 2.21. The summed E-state index contributed by atoms with van der Waals surface area (Å²) in [5.74, 6) is 0.164. The van der Waals surface area contributed by atoms with Crippen molar-refractivity contribution in [3.8, 4) is 17.0 Å². The maximum absolute atomic E-state index is 11.1. The van der Waals surface area contributed by atoms with E-state index in [0.29, 0.717) is 10.2 Å². The number of H-pyrrole nitrogens is 1. The van der Waals surface area contributed by atoms with E-state index in [0.717, 1.165) is 5.56 Å². The van der Waals surface area contributed by atoms with Crippen LogP contribution < -0.4 is 5.56 Å². The summed E-state index contributed by atoms with van der Waals surface area (Å²) in [7, 11) is 0. The molecule has 0 spiro atoms. The second-order valence-corrected chi connectivity index (χ2v) is 3.83. The molecule has 0 atom stereocenters. The molecule has 2 rings (SSSR count). The molecule has 0 aliphatic carbocycles. The Balaban J connectivity index is 2.55. The lowest BCUT2D eigenvalue weighted by Crippen LogP contribution is -2.08. The molecule has 15 heavy (non-hydrogen) atoms. The highest BCUT2D eigenvalue weighted by Gasteiger charge is 2.03. The number of aromatic amines is 1. The smallest absolute Gasteiger partial charge is 0.278 e. The Hall–Kier alpha value is -1.62. The maximum atomic E-state index is 11.1. The molecule has 0 saturated heterocycles. The van der Waals surface area contributed by atoms with E-state index in [9.17, 15) is 9.90 Å². The number of hydrogen-bond donors (Lipinski definition) is 2. The van der Waals surface area contributed by atoms with E-state index in [1.165, 1.54) is 0 Å². The molecule has 0 saturated carbocycles. The molecule has 0 radical (unpaired) electrons. The van der Waals surface area contributed by atoms with Crippen LogP contribution in [0.4, 0.5) is 0 Å². The van der Waals surface area contributed by atoms with E-state index >= 15 is 0 Å². The third-order valence-electron chi connectivity index (χ3n) is 1.90. The number of nitrogens with zero attached hydrogens (tertiary/aromatic N) is 1. The molecule has 0 fully saturated rings. The van der Waals surface area contributed by atoms with Crippen LogP contribution >= 0.6 is 15.9 Å². The Labute approximate surface area is 93.7 Å². The Bertz CT molecular complexity index is 551. The van der Waals surface area contributed by atoms with Crippen molar-refractivity contribution in [3.05, 3.63) is 45.2 Å².